The van der Waals surface area contributed by atoms with Gasteiger partial charge in [0.1, 0.15) is 10.8 Å². The van der Waals surface area contributed by atoms with Gasteiger partial charge in [0, 0.05) is 30.3 Å². The molecule has 7 heteroatoms. The first-order valence-electron chi connectivity index (χ1n) is 5.14. The maximum Gasteiger partial charge on any atom is 0.181 e. The summed E-state index contributed by atoms with van der Waals surface area (Å²) >= 11 is 7.52. The molecule has 0 N–H and O–H groups in total. The first kappa shape index (κ1) is 11.3. The Bertz CT molecular complexity index is 677. The Hall–Kier alpha value is -1.79. The molecule has 5 nitrogen and oxygen atoms in total. The minimum absolute atomic E-state index is 0.395. The molecule has 3 heterocycles. The van der Waals surface area contributed by atoms with Gasteiger partial charge in [0.15, 0.2) is 5.82 Å². The molecule has 0 aliphatic rings. The number of nitrogens with zero attached hydrogens (tertiary/aromatic N) is 5. The average molecular weight is 278 g/mol. The summed E-state index contributed by atoms with van der Waals surface area (Å²) in [4.78, 5) is 12.8. The zero-order chi connectivity index (χ0) is 12.5. The van der Waals surface area contributed by atoms with Crippen molar-refractivity contribution in [1.29, 1.82) is 0 Å². The molecule has 0 unspecified atom stereocenters. The Balaban J connectivity index is 2.11. The Morgan fingerprint density at radius 1 is 1.28 bits per heavy atom. The van der Waals surface area contributed by atoms with Crippen molar-refractivity contribution in [3.8, 4) is 22.8 Å². The van der Waals surface area contributed by atoms with E-state index in [9.17, 15) is 0 Å². The second-order valence-corrected chi connectivity index (χ2v) is 4.78. The van der Waals surface area contributed by atoms with Crippen LogP contribution >= 0.6 is 22.9 Å². The van der Waals surface area contributed by atoms with E-state index in [1.165, 1.54) is 11.3 Å². The third kappa shape index (κ3) is 2.12. The van der Waals surface area contributed by atoms with E-state index >= 15 is 0 Å². The van der Waals surface area contributed by atoms with Gasteiger partial charge in [-0.05, 0) is 0 Å². The zero-order valence-electron chi connectivity index (χ0n) is 9.41. The smallest absolute Gasteiger partial charge is 0.181 e. The molecule has 0 bridgehead atoms. The topological polar surface area (TPSA) is 56.5 Å². The normalized spacial score (nSPS) is 10.8. The Labute approximate surface area is 112 Å². The summed E-state index contributed by atoms with van der Waals surface area (Å²) in [5, 5.41) is 6.40. The predicted octanol–water partition coefficient (Wildman–Crippen LogP) is 2.65. The van der Waals surface area contributed by atoms with Gasteiger partial charge < -0.3 is 0 Å². The van der Waals surface area contributed by atoms with Gasteiger partial charge in [-0.25, -0.2) is 15.0 Å². The van der Waals surface area contributed by atoms with Crippen LogP contribution in [0.3, 0.4) is 0 Å². The van der Waals surface area contributed by atoms with Crippen LogP contribution in [0.25, 0.3) is 22.8 Å². The van der Waals surface area contributed by atoms with Crippen molar-refractivity contribution in [1.82, 2.24) is 24.7 Å². The molecule has 0 fully saturated rings. The summed E-state index contributed by atoms with van der Waals surface area (Å²) in [5.41, 5.74) is 4.11. The average Bonchev–Trinajstić information content (AvgIpc) is 2.98. The van der Waals surface area contributed by atoms with E-state index in [0.717, 1.165) is 17.0 Å². The quantitative estimate of drug-likeness (QED) is 0.676. The highest BCUT2D eigenvalue weighted by Crippen LogP contribution is 2.23. The van der Waals surface area contributed by atoms with Crippen LogP contribution in [0.4, 0.5) is 0 Å². The van der Waals surface area contributed by atoms with Gasteiger partial charge in [0.05, 0.1) is 17.4 Å². The van der Waals surface area contributed by atoms with Crippen LogP contribution in [-0.4, -0.2) is 24.7 Å². The maximum absolute atomic E-state index is 6.02. The molecule has 0 aliphatic heterocycles. The highest BCUT2D eigenvalue weighted by molar-refractivity contribution is 7.07. The van der Waals surface area contributed by atoms with E-state index in [4.69, 9.17) is 11.6 Å². The van der Waals surface area contributed by atoms with Crippen LogP contribution in [-0.2, 0) is 7.05 Å². The van der Waals surface area contributed by atoms with Crippen LogP contribution in [0.1, 0.15) is 0 Å². The van der Waals surface area contributed by atoms with E-state index in [2.05, 4.69) is 20.1 Å². The molecule has 90 valence electrons. The van der Waals surface area contributed by atoms with E-state index in [1.807, 2.05) is 18.6 Å². The van der Waals surface area contributed by atoms with E-state index in [-0.39, 0.29) is 0 Å². The van der Waals surface area contributed by atoms with Gasteiger partial charge in [0.25, 0.3) is 0 Å². The zero-order valence-corrected chi connectivity index (χ0v) is 11.0. The largest absolute Gasteiger partial charge is 0.275 e. The summed E-state index contributed by atoms with van der Waals surface area (Å²) in [6.07, 6.45) is 3.62. The standard InChI is InChI=1S/C11H8ClN5S/c1-17-4-7(3-14-17)8-2-10(12)16-11(15-8)9-5-18-6-13-9/h2-6H,1H3. The molecular weight excluding hydrogens is 270 g/mol. The molecule has 3 aromatic heterocycles. The molecule has 18 heavy (non-hydrogen) atoms. The first-order chi connectivity index (χ1) is 8.72. The van der Waals surface area contributed by atoms with E-state index < -0.39 is 0 Å². The third-order valence-electron chi connectivity index (χ3n) is 2.36. The van der Waals surface area contributed by atoms with Crippen molar-refractivity contribution in [3.63, 3.8) is 0 Å². The molecule has 0 amide bonds. The number of aryl methyl sites for hydroxylation is 1. The molecule has 0 aromatic carbocycles. The second-order valence-electron chi connectivity index (χ2n) is 3.68. The number of halogens is 1. The van der Waals surface area contributed by atoms with Gasteiger partial charge in [0.2, 0.25) is 0 Å². The summed E-state index contributed by atoms with van der Waals surface area (Å²) in [7, 11) is 1.85. The number of thiazole rings is 1. The fourth-order valence-corrected chi connectivity index (χ4v) is 2.27. The second kappa shape index (κ2) is 4.47. The summed E-state index contributed by atoms with van der Waals surface area (Å²) in [6, 6.07) is 1.72. The molecule has 0 saturated heterocycles. The number of aromatic nitrogens is 5. The SMILES string of the molecule is Cn1cc(-c2cc(Cl)nc(-c3cscn3)n2)cn1. The molecule has 0 radical (unpaired) electrons. The molecule has 0 aliphatic carbocycles. The molecule has 0 atom stereocenters. The molecular formula is C11H8ClN5S. The summed E-state index contributed by atoms with van der Waals surface area (Å²) in [5.74, 6) is 0.530. The van der Waals surface area contributed by atoms with Gasteiger partial charge in [-0.15, -0.1) is 11.3 Å². The highest BCUT2D eigenvalue weighted by Gasteiger charge is 2.10. The number of hydrogen-bond donors (Lipinski definition) is 0. The summed E-state index contributed by atoms with van der Waals surface area (Å²) < 4.78 is 1.72. The lowest BCUT2D eigenvalue weighted by molar-refractivity contribution is 0.768. The summed E-state index contributed by atoms with van der Waals surface area (Å²) in [6.45, 7) is 0. The molecule has 3 aromatic rings. The van der Waals surface area contributed by atoms with Crippen molar-refractivity contribution >= 4 is 22.9 Å². The van der Waals surface area contributed by atoms with Crippen molar-refractivity contribution < 1.29 is 0 Å². The van der Waals surface area contributed by atoms with Gasteiger partial charge in [-0.2, -0.15) is 5.10 Å². The van der Waals surface area contributed by atoms with Crippen LogP contribution < -0.4 is 0 Å². The van der Waals surface area contributed by atoms with Crippen molar-refractivity contribution in [2.24, 2.45) is 7.05 Å². The predicted molar refractivity (Wildman–Crippen MR) is 70.4 cm³/mol. The Morgan fingerprint density at radius 3 is 2.83 bits per heavy atom. The Morgan fingerprint density at radius 2 is 2.17 bits per heavy atom. The number of hydrogen-bond acceptors (Lipinski definition) is 5. The van der Waals surface area contributed by atoms with Crippen LogP contribution in [0, 0.1) is 0 Å². The van der Waals surface area contributed by atoms with E-state index in [1.54, 1.807) is 22.5 Å². The van der Waals surface area contributed by atoms with Crippen LogP contribution in [0.2, 0.25) is 5.15 Å². The lowest BCUT2D eigenvalue weighted by Gasteiger charge is -2.01. The van der Waals surface area contributed by atoms with Crippen molar-refractivity contribution in [2.75, 3.05) is 0 Å². The van der Waals surface area contributed by atoms with Crippen molar-refractivity contribution in [2.45, 2.75) is 0 Å². The molecule has 0 spiro atoms. The molecule has 3 rings (SSSR count). The monoisotopic (exact) mass is 277 g/mol. The van der Waals surface area contributed by atoms with Crippen LogP contribution in [0.15, 0.2) is 29.4 Å². The molecule has 0 saturated carbocycles. The minimum Gasteiger partial charge on any atom is -0.275 e. The first-order valence-corrected chi connectivity index (χ1v) is 6.46. The van der Waals surface area contributed by atoms with Gasteiger partial charge in [-0.3, -0.25) is 4.68 Å². The van der Waals surface area contributed by atoms with Crippen molar-refractivity contribution in [3.05, 3.63) is 34.5 Å². The third-order valence-corrected chi connectivity index (χ3v) is 3.14. The lowest BCUT2D eigenvalue weighted by atomic mass is 10.2. The van der Waals surface area contributed by atoms with Crippen LogP contribution in [0.5, 0.6) is 0 Å². The van der Waals surface area contributed by atoms with E-state index in [0.29, 0.717) is 11.0 Å². The van der Waals surface area contributed by atoms with Gasteiger partial charge >= 0.3 is 0 Å². The maximum atomic E-state index is 6.02. The number of rotatable bonds is 2. The fraction of sp³-hybridized carbons (Fsp3) is 0.0909. The Kier molecular flexibility index (Phi) is 2.81. The van der Waals surface area contributed by atoms with Gasteiger partial charge in [-0.1, -0.05) is 11.6 Å². The highest BCUT2D eigenvalue weighted by atomic mass is 35.5. The fourth-order valence-electron chi connectivity index (χ4n) is 1.56. The lowest BCUT2D eigenvalue weighted by Crippen LogP contribution is -1.92. The minimum atomic E-state index is 0.395.